The highest BCUT2D eigenvalue weighted by Gasteiger charge is 2.09. The van der Waals surface area contributed by atoms with Gasteiger partial charge in [0.1, 0.15) is 5.53 Å². The van der Waals surface area contributed by atoms with Crippen LogP contribution in [0.15, 0.2) is 59.7 Å². The minimum Gasteiger partial charge on any atom is -0.324 e. The first-order valence-corrected chi connectivity index (χ1v) is 5.80. The van der Waals surface area contributed by atoms with Crippen LogP contribution >= 0.6 is 0 Å². The molecule has 0 fully saturated rings. The van der Waals surface area contributed by atoms with Crippen molar-refractivity contribution in [1.82, 2.24) is 4.91 Å². The molecule has 0 aromatic heterocycles. The number of hydrogen-bond donors (Lipinski definition) is 2. The van der Waals surface area contributed by atoms with Crippen molar-refractivity contribution in [1.29, 1.82) is 5.53 Å². The van der Waals surface area contributed by atoms with E-state index < -0.39 is 0 Å². The molecule has 0 saturated carbocycles. The third kappa shape index (κ3) is 3.59. The van der Waals surface area contributed by atoms with Gasteiger partial charge in [-0.15, -0.1) is 0 Å². The molecule has 0 saturated heterocycles. The molecule has 1 amide bonds. The van der Waals surface area contributed by atoms with E-state index in [-0.39, 0.29) is 5.91 Å². The van der Waals surface area contributed by atoms with Gasteiger partial charge < -0.3 is 5.32 Å². The van der Waals surface area contributed by atoms with E-state index in [2.05, 4.69) is 15.3 Å². The second kappa shape index (κ2) is 6.23. The van der Waals surface area contributed by atoms with Gasteiger partial charge in [0, 0.05) is 0 Å². The molecular formula is C14H13N4O+. The smallest absolute Gasteiger partial charge is 0.228 e. The molecule has 94 valence electrons. The lowest BCUT2D eigenvalue weighted by Gasteiger charge is -2.05. The number of anilines is 1. The quantitative estimate of drug-likeness (QED) is 0.637. The van der Waals surface area contributed by atoms with Crippen molar-refractivity contribution in [3.8, 4) is 0 Å². The zero-order valence-electron chi connectivity index (χ0n) is 10.2. The van der Waals surface area contributed by atoms with E-state index >= 15 is 0 Å². The van der Waals surface area contributed by atoms with Gasteiger partial charge in [-0.05, 0) is 17.7 Å². The number of rotatable bonds is 4. The fourth-order valence-electron chi connectivity index (χ4n) is 1.70. The van der Waals surface area contributed by atoms with Gasteiger partial charge in [0.15, 0.2) is 10.8 Å². The van der Waals surface area contributed by atoms with Crippen LogP contribution in [0.3, 0.4) is 0 Å². The van der Waals surface area contributed by atoms with Crippen LogP contribution in [0.5, 0.6) is 0 Å². The molecule has 2 N–H and O–H groups in total. The number of nitrogens with one attached hydrogen (secondary N) is 2. The summed E-state index contributed by atoms with van der Waals surface area (Å²) in [6, 6.07) is 16.5. The molecule has 0 bridgehead atoms. The Labute approximate surface area is 110 Å². The molecule has 5 nitrogen and oxygen atoms in total. The molecule has 0 radical (unpaired) electrons. The molecule has 0 unspecified atom stereocenters. The predicted molar refractivity (Wildman–Crippen MR) is 72.2 cm³/mol. The van der Waals surface area contributed by atoms with E-state index in [9.17, 15) is 4.79 Å². The van der Waals surface area contributed by atoms with Gasteiger partial charge in [-0.2, -0.15) is 0 Å². The predicted octanol–water partition coefficient (Wildman–Crippen LogP) is 3.05. The molecule has 0 heterocycles. The number of hydrogen-bond acceptors (Lipinski definition) is 3. The molecule has 0 aliphatic rings. The molecule has 0 spiro atoms. The average Bonchev–Trinajstić information content (AvgIpc) is 2.42. The van der Waals surface area contributed by atoms with E-state index in [1.165, 1.54) is 0 Å². The number of amides is 1. The number of nitrogens with zero attached hydrogens (tertiary/aromatic N) is 2. The zero-order chi connectivity index (χ0) is 13.5. The molecular weight excluding hydrogens is 240 g/mol. The van der Waals surface area contributed by atoms with E-state index in [0.717, 1.165) is 5.56 Å². The Balaban J connectivity index is 2.09. The van der Waals surface area contributed by atoms with Crippen molar-refractivity contribution < 1.29 is 4.79 Å². The fraction of sp³-hybridized carbons (Fsp3) is 0.0714. The van der Waals surface area contributed by atoms with Crippen molar-refractivity contribution in [3.05, 3.63) is 60.2 Å². The second-order valence-corrected chi connectivity index (χ2v) is 3.93. The Morgan fingerprint density at radius 2 is 1.79 bits per heavy atom. The minimum atomic E-state index is -0.126. The molecule has 2 aromatic carbocycles. The Hall–Kier alpha value is -2.78. The second-order valence-electron chi connectivity index (χ2n) is 3.93. The summed E-state index contributed by atoms with van der Waals surface area (Å²) in [5.41, 5.74) is 8.71. The number of benzene rings is 2. The van der Waals surface area contributed by atoms with E-state index in [1.807, 2.05) is 30.3 Å². The lowest BCUT2D eigenvalue weighted by Crippen LogP contribution is -2.14. The maximum Gasteiger partial charge on any atom is 0.228 e. The number of para-hydroxylation sites is 1. The molecule has 0 atom stereocenters. The number of carbonyl (C=O) groups excluding carboxylic acids is 1. The Bertz CT molecular complexity index is 618. The maximum atomic E-state index is 11.9. The highest BCUT2D eigenvalue weighted by molar-refractivity contribution is 5.94. The summed E-state index contributed by atoms with van der Waals surface area (Å²) in [5, 5.41) is 6.41. The first-order valence-electron chi connectivity index (χ1n) is 5.80. The lowest BCUT2D eigenvalue weighted by molar-refractivity contribution is -0.115. The zero-order valence-corrected chi connectivity index (χ0v) is 10.2. The van der Waals surface area contributed by atoms with Gasteiger partial charge in [0.05, 0.1) is 12.1 Å². The van der Waals surface area contributed by atoms with E-state index in [4.69, 9.17) is 5.53 Å². The van der Waals surface area contributed by atoms with Crippen LogP contribution in [0.4, 0.5) is 11.4 Å². The van der Waals surface area contributed by atoms with Gasteiger partial charge in [-0.1, -0.05) is 42.5 Å². The summed E-state index contributed by atoms with van der Waals surface area (Å²) in [7, 11) is 0. The summed E-state index contributed by atoms with van der Waals surface area (Å²) >= 11 is 0. The van der Waals surface area contributed by atoms with Crippen LogP contribution in [0.2, 0.25) is 0 Å². The highest BCUT2D eigenvalue weighted by atomic mass is 16.1. The Kier molecular flexibility index (Phi) is 4.16. The van der Waals surface area contributed by atoms with Crippen LogP contribution in [0.25, 0.3) is 0 Å². The summed E-state index contributed by atoms with van der Waals surface area (Å²) in [6.07, 6.45) is 0.299. The van der Waals surface area contributed by atoms with E-state index in [1.54, 1.807) is 24.3 Å². The maximum absolute atomic E-state index is 11.9. The van der Waals surface area contributed by atoms with Crippen LogP contribution in [-0.2, 0) is 11.2 Å². The van der Waals surface area contributed by atoms with Gasteiger partial charge in [-0.25, -0.2) is 0 Å². The highest BCUT2D eigenvalue weighted by Crippen LogP contribution is 2.23. The summed E-state index contributed by atoms with van der Waals surface area (Å²) in [5.74, 6) is -0.126. The minimum absolute atomic E-state index is 0.126. The van der Waals surface area contributed by atoms with Crippen molar-refractivity contribution in [2.45, 2.75) is 6.42 Å². The average molecular weight is 253 g/mol. The van der Waals surface area contributed by atoms with Gasteiger partial charge in [0.2, 0.25) is 10.8 Å². The summed E-state index contributed by atoms with van der Waals surface area (Å²) in [6.45, 7) is 0. The molecule has 0 aliphatic heterocycles. The van der Waals surface area contributed by atoms with Crippen LogP contribution in [0.1, 0.15) is 5.56 Å². The summed E-state index contributed by atoms with van der Waals surface area (Å²) < 4.78 is 0. The topological polar surface area (TPSA) is 79.4 Å². The Morgan fingerprint density at radius 1 is 1.11 bits per heavy atom. The lowest BCUT2D eigenvalue weighted by atomic mass is 10.1. The van der Waals surface area contributed by atoms with Crippen LogP contribution in [0, 0.1) is 5.53 Å². The SMILES string of the molecule is N=[N+]=Nc1ccccc1NC(=O)Cc1ccccc1. The number of carbonyl (C=O) groups is 1. The van der Waals surface area contributed by atoms with Gasteiger partial charge >= 0.3 is 0 Å². The molecule has 5 heteroatoms. The monoisotopic (exact) mass is 253 g/mol. The molecule has 2 rings (SSSR count). The van der Waals surface area contributed by atoms with Gasteiger partial charge in [-0.3, -0.25) is 4.79 Å². The standard InChI is InChI=1S/C14H12N4O/c15-18-17-13-9-5-4-8-12(13)16-14(19)10-11-6-2-1-3-7-11/h1-9,15H,10H2/p+1. The van der Waals surface area contributed by atoms with Crippen molar-refractivity contribution in [2.24, 2.45) is 5.11 Å². The Morgan fingerprint density at radius 3 is 2.53 bits per heavy atom. The van der Waals surface area contributed by atoms with E-state index in [0.29, 0.717) is 17.8 Å². The fourth-order valence-corrected chi connectivity index (χ4v) is 1.70. The van der Waals surface area contributed by atoms with Crippen LogP contribution in [-0.4, -0.2) is 5.91 Å². The molecule has 0 aliphatic carbocycles. The first-order chi connectivity index (χ1) is 9.29. The van der Waals surface area contributed by atoms with Gasteiger partial charge in [0.25, 0.3) is 0 Å². The third-order valence-corrected chi connectivity index (χ3v) is 2.54. The summed E-state index contributed by atoms with van der Waals surface area (Å²) in [4.78, 5) is 14.9. The van der Waals surface area contributed by atoms with Crippen molar-refractivity contribution in [2.75, 3.05) is 5.32 Å². The first kappa shape index (κ1) is 12.7. The van der Waals surface area contributed by atoms with Crippen molar-refractivity contribution in [3.63, 3.8) is 0 Å². The largest absolute Gasteiger partial charge is 0.324 e. The van der Waals surface area contributed by atoms with Crippen LogP contribution < -0.4 is 10.2 Å². The normalized spacial score (nSPS) is 9.47. The van der Waals surface area contributed by atoms with Crippen molar-refractivity contribution >= 4 is 17.3 Å². The molecule has 19 heavy (non-hydrogen) atoms. The third-order valence-electron chi connectivity index (χ3n) is 2.54. The molecule has 2 aromatic rings.